The van der Waals surface area contributed by atoms with Crippen molar-refractivity contribution in [1.29, 1.82) is 0 Å². The first-order valence-electron chi connectivity index (χ1n) is 10.9. The average Bonchev–Trinajstić information content (AvgIpc) is 2.53. The van der Waals surface area contributed by atoms with Crippen LogP contribution < -0.4 is 5.73 Å². The van der Waals surface area contributed by atoms with Gasteiger partial charge in [-0.15, -0.1) is 0 Å². The maximum absolute atomic E-state index is 5.96. The highest BCUT2D eigenvalue weighted by atomic mass is 16.5. The lowest BCUT2D eigenvalue weighted by molar-refractivity contribution is -0.0245. The molecule has 0 aromatic carbocycles. The number of hydrogen-bond donors (Lipinski definition) is 1. The normalized spacial score (nSPS) is 19.8. The molecule has 1 aliphatic rings. The Hall–Kier alpha value is -0.120. The third-order valence-electron chi connectivity index (χ3n) is 4.94. The number of unbranched alkanes of at least 4 members (excludes halogenated alkanes) is 2. The second-order valence-electron chi connectivity index (χ2n) is 8.81. The van der Waals surface area contributed by atoms with Gasteiger partial charge in [0.05, 0.1) is 12.7 Å². The van der Waals surface area contributed by atoms with Crippen LogP contribution in [0.2, 0.25) is 0 Å². The van der Waals surface area contributed by atoms with Crippen molar-refractivity contribution in [3.63, 3.8) is 0 Å². The molecule has 3 heteroatoms. The van der Waals surface area contributed by atoms with Gasteiger partial charge in [0.2, 0.25) is 0 Å². The largest absolute Gasteiger partial charge is 0.376 e. The minimum Gasteiger partial charge on any atom is -0.376 e. The van der Waals surface area contributed by atoms with E-state index in [9.17, 15) is 0 Å². The van der Waals surface area contributed by atoms with Gasteiger partial charge in [-0.1, -0.05) is 66.7 Å². The first kappa shape index (κ1) is 24.9. The van der Waals surface area contributed by atoms with Crippen molar-refractivity contribution >= 4 is 0 Å². The summed E-state index contributed by atoms with van der Waals surface area (Å²) in [4.78, 5) is 2.36. The highest BCUT2D eigenvalue weighted by molar-refractivity contribution is 4.68. The third kappa shape index (κ3) is 17.1. The van der Waals surface area contributed by atoms with Crippen molar-refractivity contribution < 1.29 is 4.74 Å². The van der Waals surface area contributed by atoms with Crippen molar-refractivity contribution in [2.75, 3.05) is 26.7 Å². The topological polar surface area (TPSA) is 38.5 Å². The summed E-state index contributed by atoms with van der Waals surface area (Å²) < 4.78 is 5.69. The molecule has 25 heavy (non-hydrogen) atoms. The van der Waals surface area contributed by atoms with Crippen molar-refractivity contribution in [2.24, 2.45) is 17.6 Å². The Kier molecular flexibility index (Phi) is 16.0. The Morgan fingerprint density at radius 2 is 1.64 bits per heavy atom. The standard InChI is InChI=1S/C11H23NO.C11H25N/c1-10(2)5-4-6-11-9-12(3)7-8-13-11;1-4-5-6-7-11(12)9-8-10(2)3/h10-11H,4-9H2,1-3H3;10-11H,4-9,12H2,1-3H3. The lowest BCUT2D eigenvalue weighted by Gasteiger charge is -2.30. The Labute approximate surface area is 159 Å². The molecule has 0 amide bonds. The van der Waals surface area contributed by atoms with Crippen molar-refractivity contribution in [3.8, 4) is 0 Å². The van der Waals surface area contributed by atoms with E-state index in [4.69, 9.17) is 10.5 Å². The lowest BCUT2D eigenvalue weighted by atomic mass is 10.00. The SMILES string of the molecule is CC(C)CCCC1CN(C)CCO1.CCCCCC(N)CCC(C)C. The maximum Gasteiger partial charge on any atom is 0.0702 e. The number of rotatable bonds is 11. The number of morpholine rings is 1. The number of hydrogen-bond acceptors (Lipinski definition) is 3. The number of nitrogens with zero attached hydrogens (tertiary/aromatic N) is 1. The van der Waals surface area contributed by atoms with E-state index in [2.05, 4.69) is 46.6 Å². The van der Waals surface area contributed by atoms with E-state index >= 15 is 0 Å². The zero-order valence-corrected chi connectivity index (χ0v) is 18.2. The summed E-state index contributed by atoms with van der Waals surface area (Å²) >= 11 is 0. The highest BCUT2D eigenvalue weighted by Gasteiger charge is 2.16. The van der Waals surface area contributed by atoms with Crippen molar-refractivity contribution in [1.82, 2.24) is 4.90 Å². The predicted molar refractivity (Wildman–Crippen MR) is 112 cm³/mol. The molecule has 1 saturated heterocycles. The minimum atomic E-state index is 0.457. The smallest absolute Gasteiger partial charge is 0.0702 e. The van der Waals surface area contributed by atoms with Crippen LogP contribution in [0.3, 0.4) is 0 Å². The van der Waals surface area contributed by atoms with Gasteiger partial charge in [0, 0.05) is 19.1 Å². The van der Waals surface area contributed by atoms with Gasteiger partial charge < -0.3 is 15.4 Å². The molecule has 0 bridgehead atoms. The van der Waals surface area contributed by atoms with Crippen molar-refractivity contribution in [2.45, 2.75) is 105 Å². The molecule has 0 radical (unpaired) electrons. The van der Waals surface area contributed by atoms with Gasteiger partial charge in [-0.3, -0.25) is 0 Å². The van der Waals surface area contributed by atoms with Gasteiger partial charge in [-0.25, -0.2) is 0 Å². The maximum atomic E-state index is 5.96. The fraction of sp³-hybridized carbons (Fsp3) is 1.00. The minimum absolute atomic E-state index is 0.457. The van der Waals surface area contributed by atoms with Crippen LogP contribution in [0.25, 0.3) is 0 Å². The Bertz CT molecular complexity index is 281. The van der Waals surface area contributed by atoms with Crippen LogP contribution >= 0.6 is 0 Å². The molecule has 0 spiro atoms. The molecule has 1 heterocycles. The summed E-state index contributed by atoms with van der Waals surface area (Å²) in [5.74, 6) is 1.64. The van der Waals surface area contributed by atoms with Crippen LogP contribution in [-0.4, -0.2) is 43.8 Å². The van der Waals surface area contributed by atoms with E-state index in [1.807, 2.05) is 0 Å². The molecule has 2 unspecified atom stereocenters. The number of nitrogens with two attached hydrogens (primary N) is 1. The highest BCUT2D eigenvalue weighted by Crippen LogP contribution is 2.13. The van der Waals surface area contributed by atoms with Crippen LogP contribution in [0.4, 0.5) is 0 Å². The summed E-state index contributed by atoms with van der Waals surface area (Å²) in [6.07, 6.45) is 12.1. The molecular formula is C22H48N2O. The molecule has 152 valence electrons. The number of ether oxygens (including phenoxy) is 1. The second-order valence-corrected chi connectivity index (χ2v) is 8.81. The van der Waals surface area contributed by atoms with Gasteiger partial charge >= 0.3 is 0 Å². The molecule has 0 aromatic heterocycles. The van der Waals surface area contributed by atoms with Crippen LogP contribution in [0.5, 0.6) is 0 Å². The fourth-order valence-electron chi connectivity index (χ4n) is 3.14. The van der Waals surface area contributed by atoms with Crippen molar-refractivity contribution in [3.05, 3.63) is 0 Å². The van der Waals surface area contributed by atoms with Gasteiger partial charge in [-0.2, -0.15) is 0 Å². The molecule has 3 nitrogen and oxygen atoms in total. The van der Waals surface area contributed by atoms with Gasteiger partial charge in [-0.05, 0) is 44.6 Å². The first-order valence-corrected chi connectivity index (χ1v) is 10.9. The molecular weight excluding hydrogens is 308 g/mol. The molecule has 1 aliphatic heterocycles. The first-order chi connectivity index (χ1) is 11.8. The monoisotopic (exact) mass is 356 g/mol. The second kappa shape index (κ2) is 16.1. The lowest BCUT2D eigenvalue weighted by Crippen LogP contribution is -2.39. The van der Waals surface area contributed by atoms with E-state index in [1.165, 1.54) is 57.8 Å². The summed E-state index contributed by atoms with van der Waals surface area (Å²) in [6.45, 7) is 14.5. The summed E-state index contributed by atoms with van der Waals surface area (Å²) in [7, 11) is 2.18. The van der Waals surface area contributed by atoms with Gasteiger partial charge in [0.1, 0.15) is 0 Å². The summed E-state index contributed by atoms with van der Waals surface area (Å²) in [5.41, 5.74) is 5.96. The molecule has 0 saturated carbocycles. The molecule has 2 atom stereocenters. The summed E-state index contributed by atoms with van der Waals surface area (Å²) in [6, 6.07) is 0.457. The molecule has 0 aliphatic carbocycles. The van der Waals surface area contributed by atoms with E-state index < -0.39 is 0 Å². The molecule has 1 fully saturated rings. The molecule has 2 N–H and O–H groups in total. The van der Waals surface area contributed by atoms with Crippen LogP contribution in [0, 0.1) is 11.8 Å². The van der Waals surface area contributed by atoms with Crippen LogP contribution in [0.15, 0.2) is 0 Å². The zero-order chi connectivity index (χ0) is 19.1. The Morgan fingerprint density at radius 3 is 2.20 bits per heavy atom. The van der Waals surface area contributed by atoms with Crippen LogP contribution in [0.1, 0.15) is 92.4 Å². The Morgan fingerprint density at radius 1 is 0.960 bits per heavy atom. The predicted octanol–water partition coefficient (Wildman–Crippen LogP) is 5.47. The fourth-order valence-corrected chi connectivity index (χ4v) is 3.14. The quantitative estimate of drug-likeness (QED) is 0.499. The zero-order valence-electron chi connectivity index (χ0n) is 18.2. The molecule has 1 rings (SSSR count). The Balaban J connectivity index is 0.000000463. The number of likely N-dealkylation sites (N-methyl/N-ethyl adjacent to an activating group) is 1. The van der Waals surface area contributed by atoms with E-state index in [0.717, 1.165) is 31.5 Å². The molecule has 0 aromatic rings. The van der Waals surface area contributed by atoms with Crippen LogP contribution in [-0.2, 0) is 4.74 Å². The van der Waals surface area contributed by atoms with Gasteiger partial charge in [0.15, 0.2) is 0 Å². The van der Waals surface area contributed by atoms with Gasteiger partial charge in [0.25, 0.3) is 0 Å². The average molecular weight is 357 g/mol. The third-order valence-corrected chi connectivity index (χ3v) is 4.94. The summed E-state index contributed by atoms with van der Waals surface area (Å²) in [5, 5.41) is 0. The van der Waals surface area contributed by atoms with E-state index in [-0.39, 0.29) is 0 Å². The van der Waals surface area contributed by atoms with E-state index in [0.29, 0.717) is 12.1 Å². The van der Waals surface area contributed by atoms with E-state index in [1.54, 1.807) is 0 Å².